The summed E-state index contributed by atoms with van der Waals surface area (Å²) in [5.41, 5.74) is 6.61. The van der Waals surface area contributed by atoms with Gasteiger partial charge in [-0.15, -0.1) is 24.0 Å². The summed E-state index contributed by atoms with van der Waals surface area (Å²) >= 11 is 0. The SMILES string of the molecule is CC(C)NC(N)=NCc1cccc(S(=O)(=O)N2CCCCC2)c1.I. The third-order valence-electron chi connectivity index (χ3n) is 3.72. The standard InChI is InChI=1S/C16H26N4O2S.HI/c1-13(2)19-16(17)18-12-14-7-6-8-15(11-14)23(21,22)20-9-4-3-5-10-20;/h6-8,11,13H,3-5,9-10,12H2,1-2H3,(H3,17,18,19);1H. The molecule has 6 nitrogen and oxygen atoms in total. The Bertz CT molecular complexity index is 656. The fraction of sp³-hybridized carbons (Fsp3) is 0.562. The van der Waals surface area contributed by atoms with Crippen molar-refractivity contribution in [1.29, 1.82) is 0 Å². The van der Waals surface area contributed by atoms with Crippen molar-refractivity contribution in [2.24, 2.45) is 10.7 Å². The van der Waals surface area contributed by atoms with Crippen LogP contribution in [0, 0.1) is 0 Å². The highest BCUT2D eigenvalue weighted by molar-refractivity contribution is 14.0. The van der Waals surface area contributed by atoms with Crippen LogP contribution in [0.15, 0.2) is 34.2 Å². The van der Waals surface area contributed by atoms with E-state index in [0.717, 1.165) is 24.8 Å². The quantitative estimate of drug-likeness (QED) is 0.396. The summed E-state index contributed by atoms with van der Waals surface area (Å²) in [6, 6.07) is 7.17. The summed E-state index contributed by atoms with van der Waals surface area (Å²) in [6.45, 7) is 5.53. The molecule has 24 heavy (non-hydrogen) atoms. The highest BCUT2D eigenvalue weighted by Gasteiger charge is 2.25. The van der Waals surface area contributed by atoms with Crippen molar-refractivity contribution in [2.45, 2.75) is 50.6 Å². The van der Waals surface area contributed by atoms with Crippen molar-refractivity contribution in [3.05, 3.63) is 29.8 Å². The van der Waals surface area contributed by atoms with Crippen LogP contribution in [0.5, 0.6) is 0 Å². The zero-order valence-electron chi connectivity index (χ0n) is 14.2. The lowest BCUT2D eigenvalue weighted by Gasteiger charge is -2.26. The van der Waals surface area contributed by atoms with Crippen molar-refractivity contribution in [1.82, 2.24) is 9.62 Å². The molecule has 0 aromatic heterocycles. The number of hydrogen-bond donors (Lipinski definition) is 2. The van der Waals surface area contributed by atoms with E-state index in [4.69, 9.17) is 5.73 Å². The molecule has 1 aromatic carbocycles. The van der Waals surface area contributed by atoms with Crippen LogP contribution in [0.1, 0.15) is 38.7 Å². The minimum Gasteiger partial charge on any atom is -0.370 e. The molecule has 1 aliphatic rings. The van der Waals surface area contributed by atoms with Gasteiger partial charge in [-0.05, 0) is 44.4 Å². The van der Waals surface area contributed by atoms with Crippen molar-refractivity contribution in [3.63, 3.8) is 0 Å². The van der Waals surface area contributed by atoms with E-state index in [1.165, 1.54) is 0 Å². The molecule has 1 aliphatic heterocycles. The van der Waals surface area contributed by atoms with E-state index in [-0.39, 0.29) is 30.0 Å². The van der Waals surface area contributed by atoms with Crippen LogP contribution >= 0.6 is 24.0 Å². The van der Waals surface area contributed by atoms with E-state index in [1.807, 2.05) is 19.9 Å². The van der Waals surface area contributed by atoms with Gasteiger partial charge in [-0.2, -0.15) is 4.31 Å². The number of nitrogens with one attached hydrogen (secondary N) is 1. The van der Waals surface area contributed by atoms with E-state index in [9.17, 15) is 8.42 Å². The zero-order chi connectivity index (χ0) is 16.9. The number of nitrogens with two attached hydrogens (primary N) is 1. The lowest BCUT2D eigenvalue weighted by atomic mass is 10.2. The van der Waals surface area contributed by atoms with Gasteiger partial charge in [0.05, 0.1) is 11.4 Å². The van der Waals surface area contributed by atoms with Gasteiger partial charge in [0.1, 0.15) is 0 Å². The van der Waals surface area contributed by atoms with Gasteiger partial charge >= 0.3 is 0 Å². The van der Waals surface area contributed by atoms with Crippen LogP contribution in [0.4, 0.5) is 0 Å². The van der Waals surface area contributed by atoms with Crippen LogP contribution in [0.2, 0.25) is 0 Å². The second kappa shape index (κ2) is 9.57. The predicted octanol–water partition coefficient (Wildman–Crippen LogP) is 2.29. The summed E-state index contributed by atoms with van der Waals surface area (Å²) in [6.07, 6.45) is 2.96. The number of nitrogens with zero attached hydrogens (tertiary/aromatic N) is 2. The molecular formula is C16H27IN4O2S. The zero-order valence-corrected chi connectivity index (χ0v) is 17.4. The lowest BCUT2D eigenvalue weighted by molar-refractivity contribution is 0.346. The first-order valence-corrected chi connectivity index (χ1v) is 9.49. The fourth-order valence-corrected chi connectivity index (χ4v) is 4.16. The molecule has 0 bridgehead atoms. The van der Waals surface area contributed by atoms with Crippen LogP contribution in [0.25, 0.3) is 0 Å². The van der Waals surface area contributed by atoms with Gasteiger partial charge in [-0.1, -0.05) is 18.6 Å². The maximum absolute atomic E-state index is 12.7. The number of piperidine rings is 1. The number of aliphatic imine (C=N–C) groups is 1. The summed E-state index contributed by atoms with van der Waals surface area (Å²) in [5, 5.41) is 3.01. The van der Waals surface area contributed by atoms with Gasteiger partial charge in [0.25, 0.3) is 0 Å². The molecule has 0 amide bonds. The monoisotopic (exact) mass is 466 g/mol. The molecule has 136 valence electrons. The Morgan fingerprint density at radius 2 is 1.96 bits per heavy atom. The molecule has 8 heteroatoms. The van der Waals surface area contributed by atoms with Crippen molar-refractivity contribution in [2.75, 3.05) is 13.1 Å². The van der Waals surface area contributed by atoms with Crippen LogP contribution in [-0.4, -0.2) is 37.8 Å². The van der Waals surface area contributed by atoms with Gasteiger partial charge < -0.3 is 11.1 Å². The van der Waals surface area contributed by atoms with Gasteiger partial charge in [-0.25, -0.2) is 13.4 Å². The first kappa shape index (κ1) is 21.2. The molecular weight excluding hydrogens is 439 g/mol. The minimum atomic E-state index is -3.40. The number of rotatable bonds is 5. The summed E-state index contributed by atoms with van der Waals surface area (Å²) < 4.78 is 26.9. The number of halogens is 1. The van der Waals surface area contributed by atoms with Crippen molar-refractivity contribution >= 4 is 40.0 Å². The molecule has 0 spiro atoms. The van der Waals surface area contributed by atoms with Crippen LogP contribution in [0.3, 0.4) is 0 Å². The molecule has 1 heterocycles. The first-order chi connectivity index (χ1) is 10.9. The van der Waals surface area contributed by atoms with E-state index in [2.05, 4.69) is 10.3 Å². The molecule has 3 N–H and O–H groups in total. The molecule has 1 aromatic rings. The topological polar surface area (TPSA) is 87.8 Å². The molecule has 2 rings (SSSR count). The third kappa shape index (κ3) is 5.89. The molecule has 1 saturated heterocycles. The highest BCUT2D eigenvalue weighted by Crippen LogP contribution is 2.21. The van der Waals surface area contributed by atoms with Crippen molar-refractivity contribution in [3.8, 4) is 0 Å². The lowest BCUT2D eigenvalue weighted by Crippen LogP contribution is -2.36. The Morgan fingerprint density at radius 1 is 1.29 bits per heavy atom. The van der Waals surface area contributed by atoms with E-state index >= 15 is 0 Å². The maximum atomic E-state index is 12.7. The summed E-state index contributed by atoms with van der Waals surface area (Å²) in [5.74, 6) is 0.365. The number of sulfonamides is 1. The maximum Gasteiger partial charge on any atom is 0.243 e. The molecule has 0 unspecified atom stereocenters. The Hall–Kier alpha value is -0.870. The largest absolute Gasteiger partial charge is 0.370 e. The number of guanidine groups is 1. The molecule has 0 saturated carbocycles. The Balaban J connectivity index is 0.00000288. The minimum absolute atomic E-state index is 0. The molecule has 0 radical (unpaired) electrons. The second-order valence-corrected chi connectivity index (χ2v) is 8.05. The van der Waals surface area contributed by atoms with E-state index in [0.29, 0.717) is 30.5 Å². The molecule has 0 aliphatic carbocycles. The molecule has 0 atom stereocenters. The molecule has 1 fully saturated rings. The van der Waals surface area contributed by atoms with E-state index < -0.39 is 10.0 Å². The number of benzene rings is 1. The first-order valence-electron chi connectivity index (χ1n) is 8.05. The third-order valence-corrected chi connectivity index (χ3v) is 5.61. The average molecular weight is 466 g/mol. The van der Waals surface area contributed by atoms with Gasteiger partial charge in [0, 0.05) is 19.1 Å². The summed E-state index contributed by atoms with van der Waals surface area (Å²) in [4.78, 5) is 4.58. The number of hydrogen-bond acceptors (Lipinski definition) is 3. The smallest absolute Gasteiger partial charge is 0.243 e. The van der Waals surface area contributed by atoms with Gasteiger partial charge in [0.15, 0.2) is 5.96 Å². The fourth-order valence-electron chi connectivity index (χ4n) is 2.58. The predicted molar refractivity (Wildman–Crippen MR) is 108 cm³/mol. The van der Waals surface area contributed by atoms with Crippen molar-refractivity contribution < 1.29 is 8.42 Å². The second-order valence-electron chi connectivity index (χ2n) is 6.11. The Morgan fingerprint density at radius 3 is 2.58 bits per heavy atom. The van der Waals surface area contributed by atoms with Gasteiger partial charge in [0.2, 0.25) is 10.0 Å². The van der Waals surface area contributed by atoms with Crippen LogP contribution < -0.4 is 11.1 Å². The van der Waals surface area contributed by atoms with E-state index in [1.54, 1.807) is 22.5 Å². The average Bonchev–Trinajstić information content (AvgIpc) is 2.53. The summed E-state index contributed by atoms with van der Waals surface area (Å²) in [7, 11) is -3.40. The van der Waals surface area contributed by atoms with Crippen LogP contribution in [-0.2, 0) is 16.6 Å². The Kier molecular flexibility index (Phi) is 8.44. The normalized spacial score (nSPS) is 16.7. The highest BCUT2D eigenvalue weighted by atomic mass is 127. The Labute approximate surface area is 162 Å². The van der Waals surface area contributed by atoms with Gasteiger partial charge in [-0.3, -0.25) is 0 Å².